The number of aliphatic carboxylic acids is 1. The molecule has 0 aliphatic carbocycles. The van der Waals surface area contributed by atoms with Crippen LogP contribution in [0, 0.1) is 0 Å². The van der Waals surface area contributed by atoms with Crippen LogP contribution in [0.15, 0.2) is 35.2 Å². The molecule has 4 heteroatoms. The van der Waals surface area contributed by atoms with Gasteiger partial charge in [0.05, 0.1) is 0 Å². The van der Waals surface area contributed by atoms with Crippen LogP contribution in [-0.2, 0) is 4.79 Å². The maximum absolute atomic E-state index is 10.8. The first-order valence-corrected chi connectivity index (χ1v) is 7.64. The van der Waals surface area contributed by atoms with Crippen molar-refractivity contribution in [1.29, 1.82) is 0 Å². The highest BCUT2D eigenvalue weighted by molar-refractivity contribution is 8.33. The second-order valence-corrected chi connectivity index (χ2v) is 7.92. The lowest BCUT2D eigenvalue weighted by Gasteiger charge is -2.36. The summed E-state index contributed by atoms with van der Waals surface area (Å²) in [5.74, 6) is 0.587. The number of carbonyl (C=O) groups is 1. The summed E-state index contributed by atoms with van der Waals surface area (Å²) >= 11 is 0. The molecular weight excluding hydrogens is 222 g/mol. The normalized spacial score (nSPS) is 18.4. The van der Waals surface area contributed by atoms with Crippen molar-refractivity contribution in [3.63, 3.8) is 0 Å². The first-order chi connectivity index (χ1) is 7.49. The van der Waals surface area contributed by atoms with Crippen molar-refractivity contribution in [2.75, 3.05) is 17.8 Å². The molecule has 0 radical (unpaired) electrons. The fourth-order valence-electron chi connectivity index (χ4n) is 1.60. The van der Waals surface area contributed by atoms with Crippen molar-refractivity contribution < 1.29 is 9.90 Å². The molecule has 0 saturated heterocycles. The van der Waals surface area contributed by atoms with Crippen molar-refractivity contribution in [3.8, 4) is 0 Å². The van der Waals surface area contributed by atoms with Crippen LogP contribution >= 0.6 is 10.0 Å². The lowest BCUT2D eigenvalue weighted by atomic mass is 10.4. The number of hydrogen-bond acceptors (Lipinski definition) is 2. The molecule has 0 aromatic heterocycles. The summed E-state index contributed by atoms with van der Waals surface area (Å²) in [7, 11) is -1.11. The highest BCUT2D eigenvalue weighted by Crippen LogP contribution is 2.52. The summed E-state index contributed by atoms with van der Waals surface area (Å²) in [5, 5.41) is 8.88. The smallest absolute Gasteiger partial charge is 0.321 e. The van der Waals surface area contributed by atoms with Crippen molar-refractivity contribution >= 4 is 16.0 Å². The summed E-state index contributed by atoms with van der Waals surface area (Å²) in [5.41, 5.74) is 5.64. The van der Waals surface area contributed by atoms with Crippen LogP contribution < -0.4 is 5.73 Å². The van der Waals surface area contributed by atoms with Gasteiger partial charge in [0.25, 0.3) is 0 Å². The highest BCUT2D eigenvalue weighted by atomic mass is 32.3. The molecule has 0 heterocycles. The van der Waals surface area contributed by atoms with E-state index in [1.807, 2.05) is 18.2 Å². The number of benzene rings is 1. The van der Waals surface area contributed by atoms with E-state index in [2.05, 4.69) is 25.3 Å². The second kappa shape index (κ2) is 5.37. The van der Waals surface area contributed by atoms with E-state index in [1.165, 1.54) is 4.90 Å². The Labute approximate surface area is 98.0 Å². The zero-order chi connectivity index (χ0) is 12.2. The highest BCUT2D eigenvalue weighted by Gasteiger charge is 2.25. The first kappa shape index (κ1) is 13.1. The number of carboxylic acids is 1. The summed E-state index contributed by atoms with van der Waals surface area (Å²) in [6, 6.07) is 9.31. The van der Waals surface area contributed by atoms with Gasteiger partial charge in [-0.1, -0.05) is 37.3 Å². The second-order valence-electron chi connectivity index (χ2n) is 3.99. The molecule has 0 spiro atoms. The summed E-state index contributed by atoms with van der Waals surface area (Å²) in [6.07, 6.45) is 2.14. The van der Waals surface area contributed by atoms with Crippen LogP contribution in [0.1, 0.15) is 6.92 Å². The van der Waals surface area contributed by atoms with E-state index in [0.717, 1.165) is 5.75 Å². The predicted molar refractivity (Wildman–Crippen MR) is 69.2 cm³/mol. The molecule has 1 aromatic rings. The van der Waals surface area contributed by atoms with Gasteiger partial charge >= 0.3 is 5.97 Å². The van der Waals surface area contributed by atoms with Crippen LogP contribution in [0.5, 0.6) is 0 Å². The molecule has 16 heavy (non-hydrogen) atoms. The van der Waals surface area contributed by atoms with Gasteiger partial charge in [0.15, 0.2) is 0 Å². The maximum atomic E-state index is 10.8. The Balaban J connectivity index is 2.90. The largest absolute Gasteiger partial charge is 0.480 e. The lowest BCUT2D eigenvalue weighted by Crippen LogP contribution is -2.36. The Morgan fingerprint density at radius 3 is 2.44 bits per heavy atom. The molecule has 0 amide bonds. The van der Waals surface area contributed by atoms with Crippen molar-refractivity contribution in [2.24, 2.45) is 5.73 Å². The molecule has 1 aromatic carbocycles. The Hall–Kier alpha value is -1.00. The molecule has 0 fully saturated rings. The molecule has 1 rings (SSSR count). The van der Waals surface area contributed by atoms with Gasteiger partial charge < -0.3 is 10.8 Å². The standard InChI is InChI=1S/C12H19NO2S/c1-3-16(2,9-11(13)12(14)15)10-7-5-4-6-8-10/h4-8,11H,3,9,13H2,1-2H3,(H,14,15)/t11-/m0/s1. The first-order valence-electron chi connectivity index (χ1n) is 5.27. The van der Waals surface area contributed by atoms with Crippen LogP contribution in [-0.4, -0.2) is 34.9 Å². The number of hydrogen-bond donors (Lipinski definition) is 2. The monoisotopic (exact) mass is 241 g/mol. The average molecular weight is 241 g/mol. The minimum absolute atomic E-state index is 0.544. The van der Waals surface area contributed by atoms with Gasteiger partial charge in [-0.3, -0.25) is 4.79 Å². The quantitative estimate of drug-likeness (QED) is 0.827. The average Bonchev–Trinajstić information content (AvgIpc) is 2.29. The third-order valence-corrected chi connectivity index (χ3v) is 6.59. The Morgan fingerprint density at radius 1 is 1.44 bits per heavy atom. The molecule has 90 valence electrons. The zero-order valence-electron chi connectivity index (χ0n) is 9.72. The molecule has 0 saturated carbocycles. The van der Waals surface area contributed by atoms with Gasteiger partial charge in [-0.2, -0.15) is 0 Å². The van der Waals surface area contributed by atoms with E-state index in [0.29, 0.717) is 5.75 Å². The van der Waals surface area contributed by atoms with Gasteiger partial charge in [-0.05, 0) is 16.9 Å². The molecule has 3 N–H and O–H groups in total. The molecule has 0 aliphatic heterocycles. The predicted octanol–water partition coefficient (Wildman–Crippen LogP) is 1.91. The van der Waals surface area contributed by atoms with E-state index in [1.54, 1.807) is 0 Å². The van der Waals surface area contributed by atoms with E-state index >= 15 is 0 Å². The van der Waals surface area contributed by atoms with Gasteiger partial charge in [-0.25, -0.2) is 10.0 Å². The van der Waals surface area contributed by atoms with Crippen LogP contribution in [0.2, 0.25) is 0 Å². The van der Waals surface area contributed by atoms with Gasteiger partial charge in [-0.15, -0.1) is 0 Å². The zero-order valence-corrected chi connectivity index (χ0v) is 10.5. The maximum Gasteiger partial charge on any atom is 0.321 e. The summed E-state index contributed by atoms with van der Waals surface area (Å²) < 4.78 is 0. The number of carboxylic acid groups (broad SMARTS) is 1. The fraction of sp³-hybridized carbons (Fsp3) is 0.417. The molecular formula is C12H19NO2S. The van der Waals surface area contributed by atoms with Crippen molar-refractivity contribution in [2.45, 2.75) is 17.9 Å². The lowest BCUT2D eigenvalue weighted by molar-refractivity contribution is -0.137. The Bertz CT molecular complexity index is 355. The molecule has 0 aliphatic rings. The van der Waals surface area contributed by atoms with Crippen LogP contribution in [0.3, 0.4) is 0 Å². The van der Waals surface area contributed by atoms with Gasteiger partial charge in [0, 0.05) is 5.75 Å². The molecule has 2 atom stereocenters. The van der Waals surface area contributed by atoms with E-state index in [9.17, 15) is 4.79 Å². The summed E-state index contributed by atoms with van der Waals surface area (Å²) in [6.45, 7) is 2.09. The van der Waals surface area contributed by atoms with E-state index in [-0.39, 0.29) is 0 Å². The third-order valence-electron chi connectivity index (χ3n) is 2.81. The van der Waals surface area contributed by atoms with Crippen LogP contribution in [0.25, 0.3) is 0 Å². The fourth-order valence-corrected chi connectivity index (χ4v) is 4.11. The van der Waals surface area contributed by atoms with E-state index in [4.69, 9.17) is 10.8 Å². The van der Waals surface area contributed by atoms with Gasteiger partial charge in [0.1, 0.15) is 6.04 Å². The van der Waals surface area contributed by atoms with Crippen LogP contribution in [0.4, 0.5) is 0 Å². The van der Waals surface area contributed by atoms with Gasteiger partial charge in [0.2, 0.25) is 0 Å². The Kier molecular flexibility index (Phi) is 4.38. The summed E-state index contributed by atoms with van der Waals surface area (Å²) in [4.78, 5) is 12.0. The number of rotatable bonds is 5. The molecule has 3 nitrogen and oxygen atoms in total. The molecule has 0 bridgehead atoms. The molecule has 1 unspecified atom stereocenters. The van der Waals surface area contributed by atoms with Crippen molar-refractivity contribution in [1.82, 2.24) is 0 Å². The van der Waals surface area contributed by atoms with Crippen molar-refractivity contribution in [3.05, 3.63) is 30.3 Å². The third kappa shape index (κ3) is 3.00. The minimum Gasteiger partial charge on any atom is -0.480 e. The SMILES string of the molecule is CCS(C)(C[C@H](N)C(=O)O)c1ccccc1. The minimum atomic E-state index is -1.11. The topological polar surface area (TPSA) is 63.3 Å². The van der Waals surface area contributed by atoms with E-state index < -0.39 is 22.0 Å². The number of nitrogens with two attached hydrogens (primary N) is 1. The Morgan fingerprint density at radius 2 is 2.00 bits per heavy atom.